The van der Waals surface area contributed by atoms with Crippen LogP contribution < -0.4 is 10.9 Å². The van der Waals surface area contributed by atoms with Crippen molar-refractivity contribution >= 4 is 5.91 Å². The number of hydrogen-bond acceptors (Lipinski definition) is 3. The number of aromatic nitrogens is 1. The smallest absolute Gasteiger partial charge is 0.250 e. The van der Waals surface area contributed by atoms with Crippen LogP contribution >= 0.6 is 0 Å². The van der Waals surface area contributed by atoms with Gasteiger partial charge in [0.1, 0.15) is 0 Å². The summed E-state index contributed by atoms with van der Waals surface area (Å²) in [5.41, 5.74) is -0.152. The van der Waals surface area contributed by atoms with Crippen LogP contribution in [0.15, 0.2) is 41.3 Å². The fraction of sp³-hybridized carbons (Fsp3) is 0.500. The van der Waals surface area contributed by atoms with Crippen LogP contribution in [0.3, 0.4) is 0 Å². The van der Waals surface area contributed by atoms with E-state index in [1.54, 1.807) is 18.3 Å². The van der Waals surface area contributed by atoms with E-state index >= 15 is 0 Å². The van der Waals surface area contributed by atoms with E-state index in [0.29, 0.717) is 11.8 Å². The van der Waals surface area contributed by atoms with Crippen molar-refractivity contribution in [3.8, 4) is 0 Å². The van der Waals surface area contributed by atoms with Crippen molar-refractivity contribution in [1.29, 1.82) is 0 Å². The highest BCUT2D eigenvalue weighted by Gasteiger charge is 2.39. The minimum atomic E-state index is -0.761. The molecule has 1 amide bonds. The van der Waals surface area contributed by atoms with Crippen LogP contribution in [-0.4, -0.2) is 28.2 Å². The van der Waals surface area contributed by atoms with Gasteiger partial charge in [-0.3, -0.25) is 9.59 Å². The van der Waals surface area contributed by atoms with Crippen LogP contribution in [-0.2, 0) is 11.3 Å². The summed E-state index contributed by atoms with van der Waals surface area (Å²) in [6.45, 7) is 0.369. The number of aliphatic hydroxyl groups is 1. The zero-order valence-electron chi connectivity index (χ0n) is 11.8. The summed E-state index contributed by atoms with van der Waals surface area (Å²) in [5.74, 6) is 0.986. The minimum absolute atomic E-state index is 0.0197. The van der Waals surface area contributed by atoms with Crippen molar-refractivity contribution in [3.05, 3.63) is 46.9 Å². The van der Waals surface area contributed by atoms with Gasteiger partial charge in [0, 0.05) is 24.7 Å². The van der Waals surface area contributed by atoms with Crippen LogP contribution in [0.2, 0.25) is 0 Å². The molecule has 4 atom stereocenters. The lowest BCUT2D eigenvalue weighted by Gasteiger charge is -2.19. The van der Waals surface area contributed by atoms with Gasteiger partial charge in [-0.25, -0.2) is 0 Å². The van der Waals surface area contributed by atoms with Gasteiger partial charge in [0.15, 0.2) is 0 Å². The molecule has 0 aliphatic heterocycles. The normalized spacial score (nSPS) is 27.8. The average molecular weight is 288 g/mol. The number of amides is 1. The Morgan fingerprint density at radius 2 is 2.24 bits per heavy atom. The summed E-state index contributed by atoms with van der Waals surface area (Å²) in [4.78, 5) is 23.7. The zero-order chi connectivity index (χ0) is 14.8. The van der Waals surface area contributed by atoms with Gasteiger partial charge in [-0.2, -0.15) is 0 Å². The van der Waals surface area contributed by atoms with E-state index in [1.807, 2.05) is 0 Å². The Morgan fingerprint density at radius 1 is 1.38 bits per heavy atom. The van der Waals surface area contributed by atoms with E-state index in [1.165, 1.54) is 10.6 Å². The van der Waals surface area contributed by atoms with E-state index in [9.17, 15) is 14.7 Å². The molecule has 3 rings (SSSR count). The number of rotatable bonds is 5. The molecular weight excluding hydrogens is 268 g/mol. The molecule has 5 nitrogen and oxygen atoms in total. The van der Waals surface area contributed by atoms with Crippen LogP contribution in [0, 0.1) is 17.8 Å². The maximum absolute atomic E-state index is 12.1. The zero-order valence-corrected chi connectivity index (χ0v) is 11.8. The highest BCUT2D eigenvalue weighted by molar-refractivity contribution is 5.80. The number of pyridine rings is 1. The Labute approximate surface area is 123 Å². The third-order valence-electron chi connectivity index (χ3n) is 4.43. The molecule has 1 aromatic rings. The fourth-order valence-electron chi connectivity index (χ4n) is 3.33. The van der Waals surface area contributed by atoms with Gasteiger partial charge in [-0.05, 0) is 30.7 Å². The first-order valence-corrected chi connectivity index (χ1v) is 7.43. The molecule has 2 aliphatic rings. The second-order valence-corrected chi connectivity index (χ2v) is 5.98. The number of fused-ring (bicyclic) bond motifs is 2. The lowest BCUT2D eigenvalue weighted by Crippen LogP contribution is -2.40. The van der Waals surface area contributed by atoms with Crippen molar-refractivity contribution in [1.82, 2.24) is 9.88 Å². The van der Waals surface area contributed by atoms with Crippen LogP contribution in [0.5, 0.6) is 0 Å². The highest BCUT2D eigenvalue weighted by atomic mass is 16.3. The lowest BCUT2D eigenvalue weighted by molar-refractivity contribution is -0.126. The maximum Gasteiger partial charge on any atom is 0.250 e. The molecule has 4 unspecified atom stereocenters. The third-order valence-corrected chi connectivity index (χ3v) is 4.43. The van der Waals surface area contributed by atoms with Crippen molar-refractivity contribution in [2.75, 3.05) is 6.54 Å². The van der Waals surface area contributed by atoms with Gasteiger partial charge in [-0.1, -0.05) is 18.2 Å². The van der Waals surface area contributed by atoms with Crippen molar-refractivity contribution < 1.29 is 9.90 Å². The molecule has 0 saturated heterocycles. The molecular formula is C16H20N2O3. The molecule has 1 saturated carbocycles. The van der Waals surface area contributed by atoms with Crippen LogP contribution in [0.1, 0.15) is 12.8 Å². The van der Waals surface area contributed by atoms with Gasteiger partial charge < -0.3 is 15.0 Å². The fourth-order valence-corrected chi connectivity index (χ4v) is 3.33. The molecule has 21 heavy (non-hydrogen) atoms. The van der Waals surface area contributed by atoms with E-state index < -0.39 is 6.10 Å². The molecule has 2 bridgehead atoms. The number of hydrogen-bond donors (Lipinski definition) is 2. The molecule has 2 N–H and O–H groups in total. The Kier molecular flexibility index (Phi) is 3.92. The largest absolute Gasteiger partial charge is 0.389 e. The summed E-state index contributed by atoms with van der Waals surface area (Å²) in [5, 5.41) is 12.8. The first kappa shape index (κ1) is 14.1. The standard InChI is InChI=1S/C16H20N2O3/c19-13(10-18-6-2-1-3-15(18)20)9-17-16(21)14-8-11-4-5-12(14)7-11/h1-6,11-14,19H,7-10H2,(H,17,21). The highest BCUT2D eigenvalue weighted by Crippen LogP contribution is 2.43. The van der Waals surface area contributed by atoms with Crippen molar-refractivity contribution in [3.63, 3.8) is 0 Å². The average Bonchev–Trinajstić information content (AvgIpc) is 3.10. The van der Waals surface area contributed by atoms with E-state index in [0.717, 1.165) is 12.8 Å². The SMILES string of the molecule is O=C(NCC(O)Cn1ccccc1=O)C1CC2C=CC1C2. The van der Waals surface area contributed by atoms with Crippen LogP contribution in [0.4, 0.5) is 0 Å². The first-order valence-electron chi connectivity index (χ1n) is 7.43. The number of aliphatic hydroxyl groups excluding tert-OH is 1. The van der Waals surface area contributed by atoms with Crippen molar-refractivity contribution in [2.45, 2.75) is 25.5 Å². The summed E-state index contributed by atoms with van der Waals surface area (Å²) < 4.78 is 1.44. The Balaban J connectivity index is 1.49. The molecule has 2 aliphatic carbocycles. The van der Waals surface area contributed by atoms with Gasteiger partial charge in [0.2, 0.25) is 5.91 Å². The van der Waals surface area contributed by atoms with Gasteiger partial charge in [-0.15, -0.1) is 0 Å². The maximum atomic E-state index is 12.1. The number of nitrogens with zero attached hydrogens (tertiary/aromatic N) is 1. The number of nitrogens with one attached hydrogen (secondary N) is 1. The predicted octanol–water partition coefficient (Wildman–Crippen LogP) is 0.538. The molecule has 0 spiro atoms. The predicted molar refractivity (Wildman–Crippen MR) is 78.6 cm³/mol. The topological polar surface area (TPSA) is 71.3 Å². The molecule has 112 valence electrons. The molecule has 1 fully saturated rings. The molecule has 0 radical (unpaired) electrons. The monoisotopic (exact) mass is 288 g/mol. The molecule has 0 aromatic carbocycles. The first-order chi connectivity index (χ1) is 10.1. The summed E-state index contributed by atoms with van der Waals surface area (Å²) in [6, 6.07) is 4.86. The molecule has 5 heteroatoms. The second kappa shape index (κ2) is 5.85. The number of carbonyl (C=O) groups is 1. The summed E-state index contributed by atoms with van der Waals surface area (Å²) in [7, 11) is 0. The van der Waals surface area contributed by atoms with E-state index in [4.69, 9.17) is 0 Å². The molecule has 1 heterocycles. The lowest BCUT2D eigenvalue weighted by atomic mass is 9.93. The second-order valence-electron chi connectivity index (χ2n) is 5.98. The summed E-state index contributed by atoms with van der Waals surface area (Å²) >= 11 is 0. The van der Waals surface area contributed by atoms with Gasteiger partial charge >= 0.3 is 0 Å². The number of carbonyl (C=O) groups excluding carboxylic acids is 1. The third kappa shape index (κ3) is 3.08. The van der Waals surface area contributed by atoms with Gasteiger partial charge in [0.05, 0.1) is 12.6 Å². The van der Waals surface area contributed by atoms with Crippen molar-refractivity contribution in [2.24, 2.45) is 17.8 Å². The molecule has 1 aromatic heterocycles. The summed E-state index contributed by atoms with van der Waals surface area (Å²) in [6.07, 6.45) is 7.21. The van der Waals surface area contributed by atoms with E-state index in [-0.39, 0.29) is 30.5 Å². The number of allylic oxidation sites excluding steroid dienone is 2. The van der Waals surface area contributed by atoms with E-state index in [2.05, 4.69) is 17.5 Å². The Bertz CT molecular complexity index is 608. The van der Waals surface area contributed by atoms with Gasteiger partial charge in [0.25, 0.3) is 5.56 Å². The Morgan fingerprint density at radius 3 is 2.90 bits per heavy atom. The Hall–Kier alpha value is -1.88. The minimum Gasteiger partial charge on any atom is -0.389 e. The quantitative estimate of drug-likeness (QED) is 0.777. The van der Waals surface area contributed by atoms with Crippen LogP contribution in [0.25, 0.3) is 0 Å².